The van der Waals surface area contributed by atoms with Crippen LogP contribution in [0.3, 0.4) is 0 Å². The summed E-state index contributed by atoms with van der Waals surface area (Å²) in [4.78, 5) is 22.9. The number of aromatic nitrogens is 4. The maximum absolute atomic E-state index is 14.6. The lowest BCUT2D eigenvalue weighted by Gasteiger charge is -2.36. The van der Waals surface area contributed by atoms with Crippen LogP contribution in [0.25, 0.3) is 11.0 Å². The third-order valence-corrected chi connectivity index (χ3v) is 5.13. The minimum atomic E-state index is -1.13. The van der Waals surface area contributed by atoms with Crippen molar-refractivity contribution in [2.45, 2.75) is 6.10 Å². The van der Waals surface area contributed by atoms with Crippen molar-refractivity contribution < 1.29 is 23.7 Å². The zero-order valence-corrected chi connectivity index (χ0v) is 16.8. The van der Waals surface area contributed by atoms with Gasteiger partial charge in [0.2, 0.25) is 5.95 Å². The number of H-pyrrole nitrogens is 1. The van der Waals surface area contributed by atoms with Gasteiger partial charge in [0.25, 0.3) is 5.56 Å². The van der Waals surface area contributed by atoms with E-state index in [1.807, 2.05) is 4.90 Å². The number of aromatic amines is 1. The molecule has 3 aromatic rings. The number of aliphatic hydroxyl groups is 2. The normalized spacial score (nSPS) is 15.5. The Balaban J connectivity index is 1.47. The molecule has 1 aliphatic heterocycles. The van der Waals surface area contributed by atoms with E-state index < -0.39 is 24.3 Å². The van der Waals surface area contributed by atoms with Gasteiger partial charge in [0.15, 0.2) is 17.3 Å². The molecule has 0 amide bonds. The number of rotatable bonds is 6. The zero-order valence-electron chi connectivity index (χ0n) is 16.8. The Kier molecular flexibility index (Phi) is 5.74. The van der Waals surface area contributed by atoms with Crippen LogP contribution in [0.5, 0.6) is 5.75 Å². The van der Waals surface area contributed by atoms with E-state index in [0.717, 1.165) is 12.1 Å². The topological polar surface area (TPSA) is 120 Å². The number of nitrogens with zero attached hydrogens (tertiary/aromatic N) is 5. The average molecular weight is 436 g/mol. The third kappa shape index (κ3) is 4.16. The molecule has 1 aliphatic rings. The fraction of sp³-hybridized carbons (Fsp3) is 0.421. The lowest BCUT2D eigenvalue weighted by molar-refractivity contribution is 0.0534. The molecule has 1 saturated heterocycles. The number of aryl methyl sites for hydroxylation is 1. The predicted molar refractivity (Wildman–Crippen MR) is 109 cm³/mol. The Morgan fingerprint density at radius 3 is 2.48 bits per heavy atom. The van der Waals surface area contributed by atoms with Crippen molar-refractivity contribution in [1.29, 1.82) is 0 Å². The van der Waals surface area contributed by atoms with Crippen molar-refractivity contribution in [3.05, 3.63) is 40.3 Å². The number of aliphatic hydroxyl groups excluding tert-OH is 2. The second-order valence-electron chi connectivity index (χ2n) is 7.25. The number of piperazine rings is 1. The molecule has 1 unspecified atom stereocenters. The van der Waals surface area contributed by atoms with Crippen LogP contribution in [0, 0.1) is 11.6 Å². The Hall–Kier alpha value is -3.25. The number of anilines is 2. The van der Waals surface area contributed by atoms with Crippen molar-refractivity contribution in [3.63, 3.8) is 0 Å². The quantitative estimate of drug-likeness (QED) is 0.494. The Bertz CT molecular complexity index is 1120. The van der Waals surface area contributed by atoms with Crippen LogP contribution in [-0.4, -0.2) is 75.5 Å². The second-order valence-corrected chi connectivity index (χ2v) is 7.25. The Morgan fingerprint density at radius 1 is 1.19 bits per heavy atom. The molecule has 3 heterocycles. The van der Waals surface area contributed by atoms with Gasteiger partial charge in [-0.05, 0) is 0 Å². The fourth-order valence-corrected chi connectivity index (χ4v) is 3.49. The molecular formula is C19H22F2N6O4. The minimum Gasteiger partial charge on any atom is -0.491 e. The first-order valence-corrected chi connectivity index (χ1v) is 9.70. The molecule has 0 spiro atoms. The van der Waals surface area contributed by atoms with Gasteiger partial charge in [-0.25, -0.2) is 8.78 Å². The van der Waals surface area contributed by atoms with E-state index >= 15 is 0 Å². The van der Waals surface area contributed by atoms with Crippen LogP contribution >= 0.6 is 0 Å². The molecule has 2 aromatic heterocycles. The molecule has 0 saturated carbocycles. The predicted octanol–water partition coefficient (Wildman–Crippen LogP) is -0.00660. The van der Waals surface area contributed by atoms with Gasteiger partial charge in [-0.1, -0.05) is 0 Å². The molecule has 1 atom stereocenters. The van der Waals surface area contributed by atoms with E-state index in [9.17, 15) is 18.7 Å². The van der Waals surface area contributed by atoms with E-state index in [-0.39, 0.29) is 23.6 Å². The standard InChI is InChI=1S/C19H22F2N6O4/c1-25-17-13(8-22-25)18(30)24-19(23-17)27-4-2-26(3-5-27)16-14(20)6-12(7-15(16)21)31-10-11(29)9-28/h6-8,11,28-29H,2-5,9-10H2,1H3,(H,23,24,30). The summed E-state index contributed by atoms with van der Waals surface area (Å²) in [5.41, 5.74) is -0.00653. The van der Waals surface area contributed by atoms with Gasteiger partial charge >= 0.3 is 0 Å². The number of ether oxygens (including phenoxy) is 1. The van der Waals surface area contributed by atoms with Crippen molar-refractivity contribution in [2.24, 2.45) is 7.05 Å². The smallest absolute Gasteiger partial charge is 0.263 e. The van der Waals surface area contributed by atoms with Gasteiger partial charge in [0.05, 0.1) is 12.8 Å². The van der Waals surface area contributed by atoms with Crippen molar-refractivity contribution >= 4 is 22.7 Å². The van der Waals surface area contributed by atoms with Gasteiger partial charge in [-0.15, -0.1) is 0 Å². The van der Waals surface area contributed by atoms with E-state index in [2.05, 4.69) is 15.1 Å². The van der Waals surface area contributed by atoms with Crippen LogP contribution in [-0.2, 0) is 7.05 Å². The Morgan fingerprint density at radius 2 is 1.84 bits per heavy atom. The van der Waals surface area contributed by atoms with Crippen molar-refractivity contribution in [2.75, 3.05) is 49.2 Å². The van der Waals surface area contributed by atoms with Crippen molar-refractivity contribution in [3.8, 4) is 5.75 Å². The highest BCUT2D eigenvalue weighted by Crippen LogP contribution is 2.29. The summed E-state index contributed by atoms with van der Waals surface area (Å²) >= 11 is 0. The van der Waals surface area contributed by atoms with E-state index in [1.54, 1.807) is 11.9 Å². The van der Waals surface area contributed by atoms with E-state index in [1.165, 1.54) is 10.9 Å². The number of hydrogen-bond acceptors (Lipinski definition) is 8. The average Bonchev–Trinajstić information content (AvgIpc) is 3.13. The number of hydrogen-bond donors (Lipinski definition) is 3. The highest BCUT2D eigenvalue weighted by atomic mass is 19.1. The van der Waals surface area contributed by atoms with Crippen LogP contribution < -0.4 is 20.1 Å². The van der Waals surface area contributed by atoms with Gasteiger partial charge in [-0.3, -0.25) is 14.5 Å². The molecular weight excluding hydrogens is 414 g/mol. The molecule has 0 bridgehead atoms. The van der Waals surface area contributed by atoms with E-state index in [4.69, 9.17) is 9.84 Å². The summed E-state index contributed by atoms with van der Waals surface area (Å²) in [5, 5.41) is 22.5. The molecule has 1 aromatic carbocycles. The molecule has 166 valence electrons. The second kappa shape index (κ2) is 8.47. The largest absolute Gasteiger partial charge is 0.491 e. The summed E-state index contributed by atoms with van der Waals surface area (Å²) < 4.78 is 35.8. The molecule has 0 radical (unpaired) electrons. The molecule has 12 heteroatoms. The first-order chi connectivity index (χ1) is 14.9. The summed E-state index contributed by atoms with van der Waals surface area (Å²) in [6, 6.07) is 2.09. The first-order valence-electron chi connectivity index (χ1n) is 9.70. The van der Waals surface area contributed by atoms with Gasteiger partial charge < -0.3 is 24.7 Å². The van der Waals surface area contributed by atoms with Gasteiger partial charge in [-0.2, -0.15) is 10.1 Å². The van der Waals surface area contributed by atoms with Crippen LogP contribution in [0.4, 0.5) is 20.4 Å². The summed E-state index contributed by atoms with van der Waals surface area (Å²) in [6.07, 6.45) is 0.316. The Labute approximate surface area is 175 Å². The highest BCUT2D eigenvalue weighted by molar-refractivity contribution is 5.74. The third-order valence-electron chi connectivity index (χ3n) is 5.13. The van der Waals surface area contributed by atoms with Crippen molar-refractivity contribution in [1.82, 2.24) is 19.7 Å². The van der Waals surface area contributed by atoms with Gasteiger partial charge in [0.1, 0.15) is 29.5 Å². The monoisotopic (exact) mass is 436 g/mol. The molecule has 31 heavy (non-hydrogen) atoms. The molecule has 3 N–H and O–H groups in total. The molecule has 4 rings (SSSR count). The summed E-state index contributed by atoms with van der Waals surface area (Å²) in [6.45, 7) is 0.619. The zero-order chi connectivity index (χ0) is 22.1. The minimum absolute atomic E-state index is 0.0730. The number of fused-ring (bicyclic) bond motifs is 1. The van der Waals surface area contributed by atoms with Crippen LogP contribution in [0.2, 0.25) is 0 Å². The lowest BCUT2D eigenvalue weighted by atomic mass is 10.2. The number of benzene rings is 1. The van der Waals surface area contributed by atoms with Gasteiger partial charge in [0, 0.05) is 45.4 Å². The molecule has 0 aliphatic carbocycles. The van der Waals surface area contributed by atoms with E-state index in [0.29, 0.717) is 43.2 Å². The first kappa shape index (κ1) is 21.0. The van der Waals surface area contributed by atoms with Crippen LogP contribution in [0.1, 0.15) is 0 Å². The molecule has 10 nitrogen and oxygen atoms in total. The fourth-order valence-electron chi connectivity index (χ4n) is 3.49. The SMILES string of the molecule is Cn1ncc2c(=O)[nH]c(N3CCN(c4c(F)cc(OCC(O)CO)cc4F)CC3)nc21. The van der Waals surface area contributed by atoms with Crippen LogP contribution in [0.15, 0.2) is 23.1 Å². The summed E-state index contributed by atoms with van der Waals surface area (Å²) in [5.74, 6) is -1.27. The highest BCUT2D eigenvalue weighted by Gasteiger charge is 2.25. The molecule has 1 fully saturated rings. The number of nitrogens with one attached hydrogen (secondary N) is 1. The maximum Gasteiger partial charge on any atom is 0.263 e. The maximum atomic E-state index is 14.6. The number of halogens is 2. The summed E-state index contributed by atoms with van der Waals surface area (Å²) in [7, 11) is 1.69. The lowest BCUT2D eigenvalue weighted by Crippen LogP contribution is -2.48.